The molecule has 0 aromatic carbocycles. The third-order valence-corrected chi connectivity index (χ3v) is 8.71. The molecule has 0 aromatic rings. The van der Waals surface area contributed by atoms with Crippen molar-refractivity contribution >= 4 is 16.0 Å². The van der Waals surface area contributed by atoms with Crippen molar-refractivity contribution in [2.45, 2.75) is 65.1 Å². The average Bonchev–Trinajstić information content (AvgIpc) is 2.49. The predicted molar refractivity (Wildman–Crippen MR) is 81.3 cm³/mol. The first-order valence-corrected chi connectivity index (χ1v) is 11.4. The van der Waals surface area contributed by atoms with Crippen LogP contribution in [0.25, 0.3) is 0 Å². The van der Waals surface area contributed by atoms with Crippen molar-refractivity contribution in [3.05, 3.63) is 22.7 Å². The molecular weight excluding hydrogens is 227 g/mol. The van der Waals surface area contributed by atoms with Gasteiger partial charge in [0, 0.05) is 0 Å². The van der Waals surface area contributed by atoms with Gasteiger partial charge in [0.05, 0.1) is 8.07 Å². The molecule has 0 fully saturated rings. The Balaban J connectivity index is 3.10. The van der Waals surface area contributed by atoms with Crippen LogP contribution >= 0.6 is 7.92 Å². The summed E-state index contributed by atoms with van der Waals surface area (Å²) >= 11 is 0. The zero-order chi connectivity index (χ0) is 12.5. The third-order valence-electron chi connectivity index (χ3n) is 3.14. The number of rotatable bonds is 4. The Morgan fingerprint density at radius 2 is 1.56 bits per heavy atom. The second-order valence-corrected chi connectivity index (χ2v) is 14.8. The highest BCUT2D eigenvalue weighted by atomic mass is 31.1. The van der Waals surface area contributed by atoms with Gasteiger partial charge < -0.3 is 0 Å². The predicted octanol–water partition coefficient (Wildman–Crippen LogP) is 5.38. The fourth-order valence-electron chi connectivity index (χ4n) is 2.64. The molecule has 1 rings (SSSR count). The van der Waals surface area contributed by atoms with Gasteiger partial charge in [0.25, 0.3) is 0 Å². The van der Waals surface area contributed by atoms with Gasteiger partial charge in [-0.25, -0.2) is 0 Å². The van der Waals surface area contributed by atoms with Crippen LogP contribution in [0.1, 0.15) is 34.1 Å². The Hall–Kier alpha value is 0.127. The van der Waals surface area contributed by atoms with Gasteiger partial charge >= 0.3 is 0 Å². The zero-order valence-electron chi connectivity index (χ0n) is 12.0. The van der Waals surface area contributed by atoms with Gasteiger partial charge in [0.15, 0.2) is 0 Å². The van der Waals surface area contributed by atoms with Crippen molar-refractivity contribution in [1.29, 1.82) is 0 Å². The monoisotopic (exact) mass is 254 g/mol. The summed E-state index contributed by atoms with van der Waals surface area (Å²) in [7, 11) is -1.06. The van der Waals surface area contributed by atoms with E-state index in [4.69, 9.17) is 0 Å². The molecule has 0 saturated carbocycles. The molecule has 0 heterocycles. The quantitative estimate of drug-likeness (QED) is 0.467. The summed E-state index contributed by atoms with van der Waals surface area (Å²) in [5, 5.41) is 3.57. The molecule has 0 atom stereocenters. The van der Waals surface area contributed by atoms with Crippen LogP contribution in [0.4, 0.5) is 0 Å². The molecule has 0 radical (unpaired) electrons. The fraction of sp³-hybridized carbons (Fsp3) is 0.714. The fourth-order valence-corrected chi connectivity index (χ4v) is 8.73. The lowest BCUT2D eigenvalue weighted by atomic mass is 10.5. The van der Waals surface area contributed by atoms with E-state index < -0.39 is 8.07 Å². The van der Waals surface area contributed by atoms with Gasteiger partial charge in [-0.15, -0.1) is 0 Å². The largest absolute Gasteiger partial charge is 0.0802 e. The van der Waals surface area contributed by atoms with Crippen LogP contribution in [-0.4, -0.2) is 19.4 Å². The van der Waals surface area contributed by atoms with Crippen molar-refractivity contribution in [2.24, 2.45) is 0 Å². The Labute approximate surface area is 104 Å². The Kier molecular flexibility index (Phi) is 4.60. The summed E-state index contributed by atoms with van der Waals surface area (Å²) in [6.45, 7) is 17.0. The Morgan fingerprint density at radius 1 is 1.06 bits per heavy atom. The maximum absolute atomic E-state index is 2.48. The lowest BCUT2D eigenvalue weighted by Crippen LogP contribution is -2.24. The highest BCUT2D eigenvalue weighted by Gasteiger charge is 2.30. The smallest absolute Gasteiger partial charge is 0.0780 e. The summed E-state index contributed by atoms with van der Waals surface area (Å²) < 4.78 is 0. The minimum atomic E-state index is -1.13. The van der Waals surface area contributed by atoms with Gasteiger partial charge in [-0.05, 0) is 23.1 Å². The first-order valence-electron chi connectivity index (χ1n) is 6.43. The number of allylic oxidation sites excluding steroid dienone is 4. The molecule has 16 heavy (non-hydrogen) atoms. The van der Waals surface area contributed by atoms with Crippen LogP contribution in [-0.2, 0) is 0 Å². The molecule has 0 nitrogen and oxygen atoms in total. The highest BCUT2D eigenvalue weighted by Crippen LogP contribution is 2.58. The lowest BCUT2D eigenvalue weighted by Gasteiger charge is -2.31. The van der Waals surface area contributed by atoms with Crippen LogP contribution in [0, 0.1) is 0 Å². The summed E-state index contributed by atoms with van der Waals surface area (Å²) in [4.78, 5) is 0. The third kappa shape index (κ3) is 3.08. The van der Waals surface area contributed by atoms with Gasteiger partial charge in [0.1, 0.15) is 0 Å². The second kappa shape index (κ2) is 5.19. The van der Waals surface area contributed by atoms with Gasteiger partial charge in [0.2, 0.25) is 0 Å². The molecule has 0 bridgehead atoms. The van der Waals surface area contributed by atoms with Gasteiger partial charge in [-0.2, -0.15) is 0 Å². The second-order valence-electron chi connectivity index (χ2n) is 6.31. The minimum absolute atomic E-state index is 0.0685. The van der Waals surface area contributed by atoms with Crippen LogP contribution in [0.5, 0.6) is 0 Å². The molecule has 0 aromatic heterocycles. The standard InChI is InChI=1S/C14H27PSi/c1-11(2)15(12(3)4)13-9-8-10-14(13)16(5,6)7/h8,10-12H,9H2,1-7H3. The SMILES string of the molecule is CC(C)P(C1=C([Si](C)(C)C)C=CC1)C(C)C. The molecule has 0 unspecified atom stereocenters. The van der Waals surface area contributed by atoms with E-state index in [9.17, 15) is 0 Å². The van der Waals surface area contributed by atoms with Crippen LogP contribution in [0.15, 0.2) is 22.7 Å². The molecule has 92 valence electrons. The van der Waals surface area contributed by atoms with Crippen LogP contribution in [0.2, 0.25) is 19.6 Å². The topological polar surface area (TPSA) is 0 Å². The average molecular weight is 254 g/mol. The van der Waals surface area contributed by atoms with E-state index in [2.05, 4.69) is 59.5 Å². The van der Waals surface area contributed by atoms with Crippen molar-refractivity contribution in [1.82, 2.24) is 0 Å². The molecule has 0 saturated heterocycles. The Bertz CT molecular complexity index is 297. The summed E-state index contributed by atoms with van der Waals surface area (Å²) in [6, 6.07) is 0. The lowest BCUT2D eigenvalue weighted by molar-refractivity contribution is 1.01. The maximum Gasteiger partial charge on any atom is 0.0780 e. The summed E-state index contributed by atoms with van der Waals surface area (Å²) in [5.74, 6) is 0. The first-order chi connectivity index (χ1) is 7.25. The van der Waals surface area contributed by atoms with E-state index in [0.29, 0.717) is 0 Å². The number of hydrogen-bond acceptors (Lipinski definition) is 0. The molecule has 2 heteroatoms. The molecule has 1 aliphatic carbocycles. The van der Waals surface area contributed by atoms with Crippen LogP contribution < -0.4 is 0 Å². The highest BCUT2D eigenvalue weighted by molar-refractivity contribution is 7.63. The van der Waals surface area contributed by atoms with Crippen LogP contribution in [0.3, 0.4) is 0 Å². The Morgan fingerprint density at radius 3 is 1.94 bits per heavy atom. The summed E-state index contributed by atoms with van der Waals surface area (Å²) in [5.41, 5.74) is 1.66. The maximum atomic E-state index is 2.48. The van der Waals surface area contributed by atoms with Crippen molar-refractivity contribution in [3.8, 4) is 0 Å². The van der Waals surface area contributed by atoms with E-state index in [-0.39, 0.29) is 7.92 Å². The van der Waals surface area contributed by atoms with Gasteiger partial charge in [-0.1, -0.05) is 72.6 Å². The molecule has 1 aliphatic rings. The summed E-state index contributed by atoms with van der Waals surface area (Å²) in [6.07, 6.45) is 6.06. The molecular formula is C14H27PSi. The number of hydrogen-bond donors (Lipinski definition) is 0. The molecule has 0 spiro atoms. The normalized spacial score (nSPS) is 17.4. The van der Waals surface area contributed by atoms with Crippen molar-refractivity contribution < 1.29 is 0 Å². The first kappa shape index (κ1) is 14.2. The van der Waals surface area contributed by atoms with E-state index in [0.717, 1.165) is 11.3 Å². The van der Waals surface area contributed by atoms with E-state index in [1.54, 1.807) is 5.20 Å². The molecule has 0 N–H and O–H groups in total. The zero-order valence-corrected chi connectivity index (χ0v) is 13.9. The van der Waals surface area contributed by atoms with Crippen molar-refractivity contribution in [3.63, 3.8) is 0 Å². The van der Waals surface area contributed by atoms with E-state index in [1.165, 1.54) is 6.42 Å². The minimum Gasteiger partial charge on any atom is -0.0802 e. The van der Waals surface area contributed by atoms with E-state index >= 15 is 0 Å². The van der Waals surface area contributed by atoms with Gasteiger partial charge in [-0.3, -0.25) is 0 Å². The molecule has 0 amide bonds. The van der Waals surface area contributed by atoms with Crippen molar-refractivity contribution in [2.75, 3.05) is 0 Å². The van der Waals surface area contributed by atoms with E-state index in [1.807, 2.05) is 5.31 Å². The molecule has 0 aliphatic heterocycles.